The minimum Gasteiger partial charge on any atom is -0.465 e. The minimum atomic E-state index is -0.496. The van der Waals surface area contributed by atoms with Crippen molar-refractivity contribution < 1.29 is 28.6 Å². The van der Waals surface area contributed by atoms with Crippen molar-refractivity contribution in [3.63, 3.8) is 0 Å². The topological polar surface area (TPSA) is 106 Å². The summed E-state index contributed by atoms with van der Waals surface area (Å²) in [5, 5.41) is 5.75. The fourth-order valence-electron chi connectivity index (χ4n) is 3.29. The standard InChI is InChI=1S/C27H37N3O6/c1-2-34-25(31)20-28-16-9-10-18-30(27(33)36-22-24-14-7-4-8-15-24)19-11-17-29-26(32)35-21-23-12-5-3-6-13-23/h3-8,12-15,28H,2,9-11,16-22H2,1H3,(H,29,32). The number of unbranched alkanes of at least 4 members (excludes halogenated alkanes) is 1. The summed E-state index contributed by atoms with van der Waals surface area (Å²) in [7, 11) is 0. The molecule has 9 nitrogen and oxygen atoms in total. The summed E-state index contributed by atoms with van der Waals surface area (Å²) in [6.45, 7) is 4.65. The van der Waals surface area contributed by atoms with Crippen LogP contribution in [0.15, 0.2) is 60.7 Å². The third kappa shape index (κ3) is 12.8. The number of hydrogen-bond acceptors (Lipinski definition) is 7. The van der Waals surface area contributed by atoms with Gasteiger partial charge in [0.1, 0.15) is 13.2 Å². The molecule has 0 saturated heterocycles. The monoisotopic (exact) mass is 499 g/mol. The van der Waals surface area contributed by atoms with E-state index in [1.807, 2.05) is 60.7 Å². The predicted octanol–water partition coefficient (Wildman–Crippen LogP) is 3.87. The molecule has 2 aromatic carbocycles. The highest BCUT2D eigenvalue weighted by Crippen LogP contribution is 2.06. The van der Waals surface area contributed by atoms with Gasteiger partial charge >= 0.3 is 18.2 Å². The van der Waals surface area contributed by atoms with E-state index in [1.165, 1.54) is 0 Å². The van der Waals surface area contributed by atoms with Crippen molar-refractivity contribution in [2.24, 2.45) is 0 Å². The maximum absolute atomic E-state index is 12.7. The van der Waals surface area contributed by atoms with E-state index in [0.717, 1.165) is 24.0 Å². The van der Waals surface area contributed by atoms with Gasteiger partial charge in [-0.05, 0) is 43.9 Å². The molecule has 0 heterocycles. The van der Waals surface area contributed by atoms with Crippen molar-refractivity contribution in [2.45, 2.75) is 39.4 Å². The molecule has 0 aliphatic heterocycles. The van der Waals surface area contributed by atoms with Crippen LogP contribution in [0.5, 0.6) is 0 Å². The quantitative estimate of drug-likeness (QED) is 0.205. The largest absolute Gasteiger partial charge is 0.465 e. The zero-order chi connectivity index (χ0) is 25.8. The van der Waals surface area contributed by atoms with Gasteiger partial charge in [-0.25, -0.2) is 9.59 Å². The Labute approximate surface area is 213 Å². The first kappa shape index (κ1) is 28.6. The van der Waals surface area contributed by atoms with E-state index < -0.39 is 12.2 Å². The van der Waals surface area contributed by atoms with Crippen LogP contribution >= 0.6 is 0 Å². The second-order valence-corrected chi connectivity index (χ2v) is 8.06. The van der Waals surface area contributed by atoms with Crippen LogP contribution in [-0.2, 0) is 32.2 Å². The van der Waals surface area contributed by atoms with E-state index in [0.29, 0.717) is 39.2 Å². The van der Waals surface area contributed by atoms with E-state index in [4.69, 9.17) is 14.2 Å². The van der Waals surface area contributed by atoms with Crippen LogP contribution in [0, 0.1) is 0 Å². The van der Waals surface area contributed by atoms with Crippen molar-refractivity contribution >= 4 is 18.2 Å². The summed E-state index contributed by atoms with van der Waals surface area (Å²) in [4.78, 5) is 37.7. The first-order chi connectivity index (χ1) is 17.6. The summed E-state index contributed by atoms with van der Waals surface area (Å²) in [5.41, 5.74) is 1.83. The van der Waals surface area contributed by atoms with Gasteiger partial charge in [-0.1, -0.05) is 60.7 Å². The number of alkyl carbamates (subject to hydrolysis) is 1. The summed E-state index contributed by atoms with van der Waals surface area (Å²) in [6, 6.07) is 19.0. The average Bonchev–Trinajstić information content (AvgIpc) is 2.90. The van der Waals surface area contributed by atoms with Gasteiger partial charge in [0.05, 0.1) is 13.2 Å². The zero-order valence-corrected chi connectivity index (χ0v) is 20.9. The van der Waals surface area contributed by atoms with Gasteiger partial charge in [0.2, 0.25) is 0 Å². The molecule has 2 rings (SSSR count). The maximum atomic E-state index is 12.7. The number of esters is 1. The van der Waals surface area contributed by atoms with Crippen molar-refractivity contribution in [1.82, 2.24) is 15.5 Å². The molecule has 9 heteroatoms. The van der Waals surface area contributed by atoms with Crippen molar-refractivity contribution in [3.8, 4) is 0 Å². The molecule has 0 unspecified atom stereocenters. The van der Waals surface area contributed by atoms with E-state index in [2.05, 4.69) is 10.6 Å². The van der Waals surface area contributed by atoms with E-state index in [9.17, 15) is 14.4 Å². The molecule has 0 fully saturated rings. The number of ether oxygens (including phenoxy) is 3. The third-order valence-electron chi connectivity index (χ3n) is 5.16. The lowest BCUT2D eigenvalue weighted by Crippen LogP contribution is -2.36. The maximum Gasteiger partial charge on any atom is 0.410 e. The van der Waals surface area contributed by atoms with Crippen molar-refractivity contribution in [1.29, 1.82) is 0 Å². The fraction of sp³-hybridized carbons (Fsp3) is 0.444. The SMILES string of the molecule is CCOC(=O)CNCCCCN(CCCNC(=O)OCc1ccccc1)C(=O)OCc1ccccc1. The first-order valence-electron chi connectivity index (χ1n) is 12.3. The summed E-state index contributed by atoms with van der Waals surface area (Å²) >= 11 is 0. The van der Waals surface area contributed by atoms with Crippen LogP contribution < -0.4 is 10.6 Å². The molecule has 0 bridgehead atoms. The Bertz CT molecular complexity index is 895. The van der Waals surface area contributed by atoms with Crippen LogP contribution in [0.25, 0.3) is 0 Å². The van der Waals surface area contributed by atoms with Gasteiger partial charge in [-0.2, -0.15) is 0 Å². The smallest absolute Gasteiger partial charge is 0.410 e. The molecule has 0 aromatic heterocycles. The molecular weight excluding hydrogens is 462 g/mol. The molecule has 2 amide bonds. The summed E-state index contributed by atoms with van der Waals surface area (Å²) in [6.07, 6.45) is 1.19. The predicted molar refractivity (Wildman–Crippen MR) is 136 cm³/mol. The number of carbonyl (C=O) groups is 3. The van der Waals surface area contributed by atoms with Crippen LogP contribution in [0.3, 0.4) is 0 Å². The Hall–Kier alpha value is -3.59. The van der Waals surface area contributed by atoms with Gasteiger partial charge in [-0.3, -0.25) is 4.79 Å². The zero-order valence-electron chi connectivity index (χ0n) is 20.9. The van der Waals surface area contributed by atoms with Gasteiger partial charge in [0.15, 0.2) is 0 Å². The summed E-state index contributed by atoms with van der Waals surface area (Å²) < 4.78 is 15.6. The van der Waals surface area contributed by atoms with E-state index in [-0.39, 0.29) is 25.7 Å². The van der Waals surface area contributed by atoms with Crippen LogP contribution in [0.2, 0.25) is 0 Å². The highest BCUT2D eigenvalue weighted by atomic mass is 16.6. The molecule has 2 aromatic rings. The Balaban J connectivity index is 1.71. The van der Waals surface area contributed by atoms with Crippen LogP contribution in [0.4, 0.5) is 9.59 Å². The Morgan fingerprint density at radius 1 is 0.750 bits per heavy atom. The molecule has 0 atom stereocenters. The van der Waals surface area contributed by atoms with E-state index in [1.54, 1.807) is 11.8 Å². The molecule has 196 valence electrons. The molecule has 2 N–H and O–H groups in total. The number of nitrogens with zero attached hydrogens (tertiary/aromatic N) is 1. The lowest BCUT2D eigenvalue weighted by Gasteiger charge is -2.22. The Kier molecular flexibility index (Phi) is 14.2. The van der Waals surface area contributed by atoms with E-state index >= 15 is 0 Å². The molecule has 0 aliphatic carbocycles. The van der Waals surface area contributed by atoms with Gasteiger partial charge in [0.25, 0.3) is 0 Å². The van der Waals surface area contributed by atoms with Gasteiger partial charge in [-0.15, -0.1) is 0 Å². The highest BCUT2D eigenvalue weighted by molar-refractivity contribution is 5.71. The molecular formula is C27H37N3O6. The Morgan fingerprint density at radius 2 is 1.36 bits per heavy atom. The normalized spacial score (nSPS) is 10.4. The number of benzene rings is 2. The molecule has 0 radical (unpaired) electrons. The average molecular weight is 500 g/mol. The fourth-order valence-corrected chi connectivity index (χ4v) is 3.29. The number of amides is 2. The van der Waals surface area contributed by atoms with Crippen LogP contribution in [0.1, 0.15) is 37.3 Å². The lowest BCUT2D eigenvalue weighted by atomic mass is 10.2. The molecule has 0 saturated carbocycles. The third-order valence-corrected chi connectivity index (χ3v) is 5.16. The lowest BCUT2D eigenvalue weighted by molar-refractivity contribution is -0.141. The second-order valence-electron chi connectivity index (χ2n) is 8.06. The second kappa shape index (κ2) is 17.8. The molecule has 36 heavy (non-hydrogen) atoms. The van der Waals surface area contributed by atoms with Crippen molar-refractivity contribution in [3.05, 3.63) is 71.8 Å². The number of carbonyl (C=O) groups excluding carboxylic acids is 3. The van der Waals surface area contributed by atoms with Crippen LogP contribution in [-0.4, -0.2) is 62.4 Å². The van der Waals surface area contributed by atoms with Gasteiger partial charge in [0, 0.05) is 19.6 Å². The minimum absolute atomic E-state index is 0.169. The summed E-state index contributed by atoms with van der Waals surface area (Å²) in [5.74, 6) is -0.279. The number of rotatable bonds is 16. The highest BCUT2D eigenvalue weighted by Gasteiger charge is 2.15. The first-order valence-corrected chi connectivity index (χ1v) is 12.3. The van der Waals surface area contributed by atoms with Crippen molar-refractivity contribution in [2.75, 3.05) is 39.3 Å². The molecule has 0 spiro atoms. The molecule has 0 aliphatic rings. The Morgan fingerprint density at radius 3 is 2.00 bits per heavy atom. The number of hydrogen-bond donors (Lipinski definition) is 2. The van der Waals surface area contributed by atoms with Gasteiger partial charge < -0.3 is 29.7 Å². The number of nitrogens with one attached hydrogen (secondary N) is 2.